The van der Waals surface area contributed by atoms with Crippen molar-refractivity contribution in [3.05, 3.63) is 46.2 Å². The van der Waals surface area contributed by atoms with Gasteiger partial charge in [0.15, 0.2) is 5.13 Å². The van der Waals surface area contributed by atoms with Gasteiger partial charge in [-0.2, -0.15) is 0 Å². The molecule has 2 N–H and O–H groups in total. The Labute approximate surface area is 109 Å². The molecule has 1 aromatic heterocycles. The first-order valence-corrected chi connectivity index (χ1v) is 6.73. The van der Waals surface area contributed by atoms with Crippen LogP contribution in [0.2, 0.25) is 0 Å². The fourth-order valence-electron chi connectivity index (χ4n) is 2.35. The van der Waals surface area contributed by atoms with Crippen LogP contribution in [0, 0.1) is 5.82 Å². The molecule has 0 aliphatic carbocycles. The van der Waals surface area contributed by atoms with Crippen molar-refractivity contribution < 1.29 is 4.39 Å². The van der Waals surface area contributed by atoms with Gasteiger partial charge in [-0.25, -0.2) is 9.37 Å². The summed E-state index contributed by atoms with van der Waals surface area (Å²) >= 11 is 1.50. The Morgan fingerprint density at radius 1 is 1.44 bits per heavy atom. The van der Waals surface area contributed by atoms with Gasteiger partial charge in [-0.3, -0.25) is 4.90 Å². The second-order valence-electron chi connectivity index (χ2n) is 4.50. The standard InChI is InChI=1S/C13H14FN3S/c14-12-3-1-2-9-4-5-17(8-11(9)12)7-10-6-16-13(15)18-10/h1-3,6H,4-5,7-8H2,(H2,15,16). The lowest BCUT2D eigenvalue weighted by Gasteiger charge is -2.28. The summed E-state index contributed by atoms with van der Waals surface area (Å²) in [5.41, 5.74) is 7.58. The smallest absolute Gasteiger partial charge is 0.180 e. The summed E-state index contributed by atoms with van der Waals surface area (Å²) in [5, 5.41) is 0.591. The first kappa shape index (κ1) is 11.6. The number of nitrogens with zero attached hydrogens (tertiary/aromatic N) is 2. The SMILES string of the molecule is Nc1ncc(CN2CCc3cccc(F)c3C2)s1. The van der Waals surface area contributed by atoms with E-state index in [1.54, 1.807) is 12.3 Å². The van der Waals surface area contributed by atoms with Crippen molar-refractivity contribution in [3.63, 3.8) is 0 Å². The molecule has 3 nitrogen and oxygen atoms in total. The first-order valence-electron chi connectivity index (χ1n) is 5.91. The van der Waals surface area contributed by atoms with Crippen molar-refractivity contribution in [2.24, 2.45) is 0 Å². The molecule has 2 heterocycles. The topological polar surface area (TPSA) is 42.1 Å². The van der Waals surface area contributed by atoms with E-state index in [-0.39, 0.29) is 5.82 Å². The quantitative estimate of drug-likeness (QED) is 0.904. The molecule has 5 heteroatoms. The van der Waals surface area contributed by atoms with E-state index in [0.717, 1.165) is 35.5 Å². The second-order valence-corrected chi connectivity index (χ2v) is 5.65. The molecular formula is C13H14FN3S. The van der Waals surface area contributed by atoms with Crippen molar-refractivity contribution in [2.45, 2.75) is 19.5 Å². The highest BCUT2D eigenvalue weighted by molar-refractivity contribution is 7.15. The van der Waals surface area contributed by atoms with E-state index >= 15 is 0 Å². The minimum atomic E-state index is -0.0963. The Bertz CT molecular complexity index is 567. The number of rotatable bonds is 2. The number of hydrogen-bond acceptors (Lipinski definition) is 4. The van der Waals surface area contributed by atoms with Gasteiger partial charge < -0.3 is 5.73 Å². The molecule has 94 valence electrons. The highest BCUT2D eigenvalue weighted by Crippen LogP contribution is 2.24. The zero-order valence-electron chi connectivity index (χ0n) is 9.90. The largest absolute Gasteiger partial charge is 0.375 e. The lowest BCUT2D eigenvalue weighted by atomic mass is 9.99. The molecule has 0 atom stereocenters. The highest BCUT2D eigenvalue weighted by Gasteiger charge is 2.19. The number of nitrogen functional groups attached to an aromatic ring is 1. The highest BCUT2D eigenvalue weighted by atomic mass is 32.1. The minimum Gasteiger partial charge on any atom is -0.375 e. The van der Waals surface area contributed by atoms with Gasteiger partial charge in [0.2, 0.25) is 0 Å². The van der Waals surface area contributed by atoms with Crippen LogP contribution in [0.4, 0.5) is 9.52 Å². The van der Waals surface area contributed by atoms with Crippen LogP contribution in [0.3, 0.4) is 0 Å². The number of hydrogen-bond donors (Lipinski definition) is 1. The summed E-state index contributed by atoms with van der Waals surface area (Å²) in [6.45, 7) is 2.41. The number of nitrogens with two attached hydrogens (primary N) is 1. The third-order valence-electron chi connectivity index (χ3n) is 3.25. The maximum atomic E-state index is 13.7. The summed E-state index contributed by atoms with van der Waals surface area (Å²) < 4.78 is 13.7. The molecule has 0 amide bonds. The first-order chi connectivity index (χ1) is 8.72. The van der Waals surface area contributed by atoms with E-state index in [2.05, 4.69) is 9.88 Å². The van der Waals surface area contributed by atoms with E-state index < -0.39 is 0 Å². The third-order valence-corrected chi connectivity index (χ3v) is 4.06. The molecule has 0 saturated heterocycles. The van der Waals surface area contributed by atoms with Crippen LogP contribution < -0.4 is 5.73 Å². The lowest BCUT2D eigenvalue weighted by Crippen LogP contribution is -2.30. The van der Waals surface area contributed by atoms with E-state index in [1.165, 1.54) is 17.4 Å². The summed E-state index contributed by atoms with van der Waals surface area (Å²) in [4.78, 5) is 7.41. The molecule has 0 bridgehead atoms. The van der Waals surface area contributed by atoms with Gasteiger partial charge in [0.1, 0.15) is 5.82 Å². The summed E-state index contributed by atoms with van der Waals surface area (Å²) in [7, 11) is 0. The van der Waals surface area contributed by atoms with Gasteiger partial charge in [-0.15, -0.1) is 11.3 Å². The van der Waals surface area contributed by atoms with Crippen LogP contribution >= 0.6 is 11.3 Å². The Morgan fingerprint density at radius 3 is 3.11 bits per heavy atom. The molecule has 1 aliphatic heterocycles. The molecule has 0 radical (unpaired) electrons. The van der Waals surface area contributed by atoms with Crippen LogP contribution in [-0.2, 0) is 19.5 Å². The Hall–Kier alpha value is -1.46. The van der Waals surface area contributed by atoms with Gasteiger partial charge in [-0.05, 0) is 18.1 Å². The van der Waals surface area contributed by atoms with Gasteiger partial charge in [0.25, 0.3) is 0 Å². The zero-order valence-corrected chi connectivity index (χ0v) is 10.7. The Kier molecular flexibility index (Phi) is 3.01. The summed E-state index contributed by atoms with van der Waals surface area (Å²) in [5.74, 6) is -0.0963. The van der Waals surface area contributed by atoms with Crippen LogP contribution in [0.15, 0.2) is 24.4 Å². The molecule has 2 aromatic rings. The van der Waals surface area contributed by atoms with Crippen LogP contribution in [0.1, 0.15) is 16.0 Å². The lowest BCUT2D eigenvalue weighted by molar-refractivity contribution is 0.243. The molecular weight excluding hydrogens is 249 g/mol. The molecule has 0 saturated carbocycles. The molecule has 0 spiro atoms. The number of halogens is 1. The number of benzene rings is 1. The van der Waals surface area contributed by atoms with E-state index in [0.29, 0.717) is 11.7 Å². The van der Waals surface area contributed by atoms with Crippen LogP contribution in [-0.4, -0.2) is 16.4 Å². The van der Waals surface area contributed by atoms with Gasteiger partial charge >= 0.3 is 0 Å². The molecule has 0 fully saturated rings. The molecule has 0 unspecified atom stereocenters. The van der Waals surface area contributed by atoms with Crippen molar-refractivity contribution >= 4 is 16.5 Å². The van der Waals surface area contributed by atoms with Crippen molar-refractivity contribution in [1.29, 1.82) is 0 Å². The zero-order chi connectivity index (χ0) is 12.5. The fraction of sp³-hybridized carbons (Fsp3) is 0.308. The fourth-order valence-corrected chi connectivity index (χ4v) is 3.07. The van der Waals surface area contributed by atoms with Crippen molar-refractivity contribution in [1.82, 2.24) is 9.88 Å². The van der Waals surface area contributed by atoms with Gasteiger partial charge in [-0.1, -0.05) is 12.1 Å². The average Bonchev–Trinajstić information content (AvgIpc) is 2.76. The van der Waals surface area contributed by atoms with Crippen molar-refractivity contribution in [3.8, 4) is 0 Å². The Morgan fingerprint density at radius 2 is 2.33 bits per heavy atom. The number of fused-ring (bicyclic) bond motifs is 1. The predicted octanol–water partition coefficient (Wildman–Crippen LogP) is 2.42. The van der Waals surface area contributed by atoms with E-state index in [1.807, 2.05) is 6.07 Å². The molecule has 1 aromatic carbocycles. The maximum absolute atomic E-state index is 13.7. The Balaban J connectivity index is 1.76. The van der Waals surface area contributed by atoms with Gasteiger partial charge in [0, 0.05) is 36.3 Å². The van der Waals surface area contributed by atoms with Crippen molar-refractivity contribution in [2.75, 3.05) is 12.3 Å². The number of anilines is 1. The van der Waals surface area contributed by atoms with E-state index in [4.69, 9.17) is 5.73 Å². The van der Waals surface area contributed by atoms with Gasteiger partial charge in [0.05, 0.1) is 0 Å². The summed E-state index contributed by atoms with van der Waals surface area (Å²) in [6, 6.07) is 5.33. The van der Waals surface area contributed by atoms with Crippen LogP contribution in [0.25, 0.3) is 0 Å². The molecule has 1 aliphatic rings. The molecule has 18 heavy (non-hydrogen) atoms. The number of thiazole rings is 1. The maximum Gasteiger partial charge on any atom is 0.180 e. The second kappa shape index (κ2) is 4.66. The normalized spacial score (nSPS) is 15.6. The monoisotopic (exact) mass is 263 g/mol. The average molecular weight is 263 g/mol. The third kappa shape index (κ3) is 2.23. The minimum absolute atomic E-state index is 0.0963. The molecule has 3 rings (SSSR count). The summed E-state index contributed by atoms with van der Waals surface area (Å²) in [6.07, 6.45) is 2.71. The predicted molar refractivity (Wildman–Crippen MR) is 70.7 cm³/mol. The van der Waals surface area contributed by atoms with E-state index in [9.17, 15) is 4.39 Å². The van der Waals surface area contributed by atoms with Crippen LogP contribution in [0.5, 0.6) is 0 Å². The number of aromatic nitrogens is 1.